The molecule has 1 unspecified atom stereocenters. The summed E-state index contributed by atoms with van der Waals surface area (Å²) in [6, 6.07) is 11.7. The van der Waals surface area contributed by atoms with Crippen LogP contribution in [0.3, 0.4) is 0 Å². The van der Waals surface area contributed by atoms with Crippen LogP contribution in [0.1, 0.15) is 60.5 Å². The molecule has 2 aromatic rings. The molecule has 1 atom stereocenters. The maximum Gasteiger partial charge on any atom is 0.259 e. The molecule has 0 radical (unpaired) electrons. The average Bonchev–Trinajstić information content (AvgIpc) is 3.33. The van der Waals surface area contributed by atoms with Gasteiger partial charge in [-0.25, -0.2) is 0 Å². The van der Waals surface area contributed by atoms with E-state index in [4.69, 9.17) is 15.2 Å². The van der Waals surface area contributed by atoms with E-state index in [1.54, 1.807) is 13.2 Å². The zero-order chi connectivity index (χ0) is 19.3. The minimum absolute atomic E-state index is 0.0242. The second kappa shape index (κ2) is 6.73. The first-order chi connectivity index (χ1) is 13.7. The Hall–Kier alpha value is -2.69. The number of fused-ring (bicyclic) bond motifs is 1. The maximum absolute atomic E-state index is 13.3. The molecule has 2 aliphatic carbocycles. The predicted molar refractivity (Wildman–Crippen MR) is 109 cm³/mol. The van der Waals surface area contributed by atoms with Gasteiger partial charge in [-0.05, 0) is 56.1 Å². The molecule has 5 heteroatoms. The third-order valence-electron chi connectivity index (χ3n) is 6.24. The molecule has 0 aromatic heterocycles. The summed E-state index contributed by atoms with van der Waals surface area (Å²) in [5.41, 5.74) is 9.58. The molecule has 0 saturated heterocycles. The number of carbonyl (C=O) groups is 1. The van der Waals surface area contributed by atoms with E-state index in [1.807, 2.05) is 29.2 Å². The number of methoxy groups -OCH3 is 1. The van der Waals surface area contributed by atoms with Crippen molar-refractivity contribution in [3.63, 3.8) is 0 Å². The number of benzene rings is 2. The van der Waals surface area contributed by atoms with E-state index in [1.165, 1.54) is 12.8 Å². The predicted octanol–water partition coefficient (Wildman–Crippen LogP) is 4.71. The average molecular weight is 378 g/mol. The Morgan fingerprint density at radius 3 is 2.50 bits per heavy atom. The molecule has 2 N–H and O–H groups in total. The highest BCUT2D eigenvalue weighted by Gasteiger charge is 2.46. The number of anilines is 2. The zero-order valence-electron chi connectivity index (χ0n) is 16.2. The fourth-order valence-corrected chi connectivity index (χ4v) is 4.69. The number of nitrogens with two attached hydrogens (primary N) is 1. The van der Waals surface area contributed by atoms with Crippen LogP contribution < -0.4 is 20.1 Å². The van der Waals surface area contributed by atoms with Gasteiger partial charge in [0, 0.05) is 17.7 Å². The Bertz CT molecular complexity index is 916. The van der Waals surface area contributed by atoms with Gasteiger partial charge >= 0.3 is 0 Å². The van der Waals surface area contributed by atoms with Gasteiger partial charge in [-0.1, -0.05) is 18.2 Å². The summed E-state index contributed by atoms with van der Waals surface area (Å²) in [6.45, 7) is 0. The fourth-order valence-electron chi connectivity index (χ4n) is 4.69. The van der Waals surface area contributed by atoms with E-state index >= 15 is 0 Å². The Kier molecular flexibility index (Phi) is 4.18. The van der Waals surface area contributed by atoms with Crippen molar-refractivity contribution in [2.75, 3.05) is 17.7 Å². The molecule has 146 valence electrons. The van der Waals surface area contributed by atoms with Gasteiger partial charge in [-0.2, -0.15) is 0 Å². The molecule has 5 nitrogen and oxygen atoms in total. The van der Waals surface area contributed by atoms with Gasteiger partial charge in [0.2, 0.25) is 0 Å². The first kappa shape index (κ1) is 17.4. The maximum atomic E-state index is 13.3. The third-order valence-corrected chi connectivity index (χ3v) is 6.24. The van der Waals surface area contributed by atoms with E-state index in [0.29, 0.717) is 23.1 Å². The number of nitrogen functional groups attached to an aromatic ring is 1. The van der Waals surface area contributed by atoms with E-state index in [9.17, 15) is 4.79 Å². The molecule has 2 aromatic carbocycles. The molecular weight excluding hydrogens is 352 g/mol. The summed E-state index contributed by atoms with van der Waals surface area (Å²) in [5, 5.41) is 0. The summed E-state index contributed by atoms with van der Waals surface area (Å²) < 4.78 is 11.8. The number of hydrogen-bond donors (Lipinski definition) is 1. The van der Waals surface area contributed by atoms with Crippen LogP contribution in [0.2, 0.25) is 0 Å². The molecule has 0 spiro atoms. The van der Waals surface area contributed by atoms with Crippen LogP contribution in [0, 0.1) is 5.92 Å². The molecule has 1 aliphatic heterocycles. The highest BCUT2D eigenvalue weighted by Crippen LogP contribution is 2.52. The minimum atomic E-state index is 0.0242. The fraction of sp³-hybridized carbons (Fsp3) is 0.435. The summed E-state index contributed by atoms with van der Waals surface area (Å²) >= 11 is 0. The SMILES string of the molecule is COc1cc(N)c(N2C(=O)c3ccccc3C2C2CC2)cc1OC1CCCC1. The van der Waals surface area contributed by atoms with E-state index < -0.39 is 0 Å². The Labute approximate surface area is 165 Å². The van der Waals surface area contributed by atoms with Crippen LogP contribution in [0.5, 0.6) is 11.5 Å². The molecule has 1 amide bonds. The van der Waals surface area contributed by atoms with E-state index in [-0.39, 0.29) is 18.1 Å². The number of rotatable bonds is 5. The van der Waals surface area contributed by atoms with Gasteiger partial charge in [-0.3, -0.25) is 9.69 Å². The number of carbonyl (C=O) groups excluding carboxylic acids is 1. The number of amides is 1. The minimum Gasteiger partial charge on any atom is -0.493 e. The van der Waals surface area contributed by atoms with Crippen molar-refractivity contribution in [2.45, 2.75) is 50.7 Å². The smallest absolute Gasteiger partial charge is 0.259 e. The van der Waals surface area contributed by atoms with Gasteiger partial charge in [-0.15, -0.1) is 0 Å². The highest BCUT2D eigenvalue weighted by atomic mass is 16.5. The van der Waals surface area contributed by atoms with Crippen molar-refractivity contribution in [3.05, 3.63) is 47.5 Å². The van der Waals surface area contributed by atoms with Crippen molar-refractivity contribution >= 4 is 17.3 Å². The lowest BCUT2D eigenvalue weighted by atomic mass is 10.0. The van der Waals surface area contributed by atoms with Crippen LogP contribution in [-0.4, -0.2) is 19.1 Å². The molecule has 2 saturated carbocycles. The van der Waals surface area contributed by atoms with Gasteiger partial charge in [0.15, 0.2) is 11.5 Å². The monoisotopic (exact) mass is 378 g/mol. The van der Waals surface area contributed by atoms with Gasteiger partial charge in [0.1, 0.15) is 0 Å². The van der Waals surface area contributed by atoms with Crippen LogP contribution in [0.4, 0.5) is 11.4 Å². The second-order valence-electron chi connectivity index (χ2n) is 8.13. The molecule has 0 bridgehead atoms. The quantitative estimate of drug-likeness (QED) is 0.765. The zero-order valence-corrected chi connectivity index (χ0v) is 16.2. The molecule has 28 heavy (non-hydrogen) atoms. The van der Waals surface area contributed by atoms with Crippen molar-refractivity contribution < 1.29 is 14.3 Å². The number of hydrogen-bond acceptors (Lipinski definition) is 4. The Morgan fingerprint density at radius 2 is 1.79 bits per heavy atom. The largest absolute Gasteiger partial charge is 0.493 e. The van der Waals surface area contributed by atoms with E-state index in [0.717, 1.165) is 42.5 Å². The van der Waals surface area contributed by atoms with Gasteiger partial charge in [0.25, 0.3) is 5.91 Å². The van der Waals surface area contributed by atoms with Gasteiger partial charge < -0.3 is 15.2 Å². The molecule has 3 aliphatic rings. The Morgan fingerprint density at radius 1 is 1.04 bits per heavy atom. The lowest BCUT2D eigenvalue weighted by molar-refractivity contribution is 0.0989. The second-order valence-corrected chi connectivity index (χ2v) is 8.13. The highest BCUT2D eigenvalue weighted by molar-refractivity contribution is 6.12. The third kappa shape index (κ3) is 2.81. The summed E-state index contributed by atoms with van der Waals surface area (Å²) in [5.74, 6) is 1.82. The van der Waals surface area contributed by atoms with Crippen LogP contribution in [0.15, 0.2) is 36.4 Å². The molecule has 5 rings (SSSR count). The van der Waals surface area contributed by atoms with Crippen molar-refractivity contribution in [2.24, 2.45) is 5.92 Å². The topological polar surface area (TPSA) is 64.8 Å². The molecule has 2 fully saturated rings. The summed E-state index contributed by atoms with van der Waals surface area (Å²) in [6.07, 6.45) is 6.99. The first-order valence-electron chi connectivity index (χ1n) is 10.2. The number of ether oxygens (including phenoxy) is 2. The molecule has 1 heterocycles. The first-order valence-corrected chi connectivity index (χ1v) is 10.2. The number of nitrogens with zero attached hydrogens (tertiary/aromatic N) is 1. The van der Waals surface area contributed by atoms with Crippen molar-refractivity contribution in [1.29, 1.82) is 0 Å². The van der Waals surface area contributed by atoms with E-state index in [2.05, 4.69) is 6.07 Å². The Balaban J connectivity index is 1.57. The molecular formula is C23H26N2O3. The lowest BCUT2D eigenvalue weighted by Crippen LogP contribution is -2.29. The van der Waals surface area contributed by atoms with Crippen LogP contribution >= 0.6 is 0 Å². The van der Waals surface area contributed by atoms with Crippen molar-refractivity contribution in [3.8, 4) is 11.5 Å². The van der Waals surface area contributed by atoms with Crippen LogP contribution in [-0.2, 0) is 0 Å². The van der Waals surface area contributed by atoms with Crippen molar-refractivity contribution in [1.82, 2.24) is 0 Å². The normalized spacial score (nSPS) is 21.8. The lowest BCUT2D eigenvalue weighted by Gasteiger charge is -2.28. The summed E-state index contributed by atoms with van der Waals surface area (Å²) in [7, 11) is 1.62. The standard InChI is InChI=1S/C23H26N2O3/c1-27-20-12-18(24)19(13-21(20)28-15-6-2-3-7-15)25-22(14-10-11-14)16-8-4-5-9-17(16)23(25)26/h4-5,8-9,12-15,22H,2-3,6-7,10-11,24H2,1H3. The van der Waals surface area contributed by atoms with Crippen LogP contribution in [0.25, 0.3) is 0 Å². The van der Waals surface area contributed by atoms with Gasteiger partial charge in [0.05, 0.1) is 30.6 Å². The summed E-state index contributed by atoms with van der Waals surface area (Å²) in [4.78, 5) is 15.2.